The minimum absolute atomic E-state index is 0.00732. The van der Waals surface area contributed by atoms with Crippen LogP contribution in [0.4, 0.5) is 11.4 Å². The van der Waals surface area contributed by atoms with Crippen LogP contribution in [-0.4, -0.2) is 43.1 Å². The van der Waals surface area contributed by atoms with E-state index in [-0.39, 0.29) is 53.1 Å². The molecule has 0 aliphatic rings. The average molecular weight is 550 g/mol. The zero-order chi connectivity index (χ0) is 28.7. The monoisotopic (exact) mass is 549 g/mol. The maximum atomic E-state index is 12.6. The molecule has 0 bridgehead atoms. The predicted molar refractivity (Wildman–Crippen MR) is 141 cm³/mol. The summed E-state index contributed by atoms with van der Waals surface area (Å²) in [5.41, 5.74) is 4.04. The first-order chi connectivity index (χ1) is 17.8. The fourth-order valence-electron chi connectivity index (χ4n) is 3.31. The number of nitrogens with one attached hydrogen (secondary N) is 1. The number of hydrogen-bond donors (Lipinski definition) is 3. The molecule has 0 fully saturated rings. The van der Waals surface area contributed by atoms with Crippen molar-refractivity contribution in [2.24, 2.45) is 21.4 Å². The van der Waals surface area contributed by atoms with Crippen molar-refractivity contribution in [1.82, 2.24) is 9.29 Å². The van der Waals surface area contributed by atoms with Gasteiger partial charge in [-0.2, -0.15) is 5.11 Å². The fraction of sp³-hybridized carbons (Fsp3) is 0.480. The van der Waals surface area contributed by atoms with Crippen LogP contribution in [0.25, 0.3) is 0 Å². The highest BCUT2D eigenvalue weighted by Gasteiger charge is 2.27. The average Bonchev–Trinajstić information content (AvgIpc) is 2.86. The summed E-state index contributed by atoms with van der Waals surface area (Å²) >= 11 is 0. The highest BCUT2D eigenvalue weighted by atomic mass is 32.2. The van der Waals surface area contributed by atoms with Gasteiger partial charge in [0.05, 0.1) is 22.6 Å². The number of aromatic nitrogens is 1. The Hall–Kier alpha value is -3.58. The van der Waals surface area contributed by atoms with Crippen LogP contribution in [0.2, 0.25) is 0 Å². The molecule has 2 rings (SSSR count). The Kier molecular flexibility index (Phi) is 10.3. The van der Waals surface area contributed by atoms with Crippen LogP contribution in [0.5, 0.6) is 5.88 Å². The van der Waals surface area contributed by atoms with Crippen molar-refractivity contribution in [1.29, 1.82) is 0 Å². The number of primary amides is 1. The van der Waals surface area contributed by atoms with E-state index in [1.807, 2.05) is 6.92 Å². The Balaban J connectivity index is 2.12. The summed E-state index contributed by atoms with van der Waals surface area (Å²) in [6.45, 7) is 9.01. The number of sulfonamides is 1. The first kappa shape index (κ1) is 30.6. The SMILES string of the molecule is CCCn1c(O)c(N=Nc2ccc(S(=O)(=O)NCCCOC(=O)C(C)(C)CC)cc2)c(C)c(C(N)=O)c1=O. The molecule has 0 unspecified atom stereocenters. The van der Waals surface area contributed by atoms with Crippen LogP contribution >= 0.6 is 0 Å². The molecule has 1 heterocycles. The van der Waals surface area contributed by atoms with E-state index in [1.54, 1.807) is 20.8 Å². The number of aromatic hydroxyl groups is 1. The van der Waals surface area contributed by atoms with Crippen LogP contribution in [0.1, 0.15) is 62.9 Å². The summed E-state index contributed by atoms with van der Waals surface area (Å²) in [5, 5.41) is 18.6. The molecule has 12 nitrogen and oxygen atoms in total. The van der Waals surface area contributed by atoms with Gasteiger partial charge >= 0.3 is 5.97 Å². The lowest BCUT2D eigenvalue weighted by atomic mass is 9.91. The summed E-state index contributed by atoms with van der Waals surface area (Å²) < 4.78 is 33.8. The smallest absolute Gasteiger partial charge is 0.311 e. The third-order valence-corrected chi connectivity index (χ3v) is 7.52. The lowest BCUT2D eigenvalue weighted by Gasteiger charge is -2.20. The molecule has 0 atom stereocenters. The Bertz CT molecular complexity index is 1360. The Morgan fingerprint density at radius 2 is 1.79 bits per heavy atom. The Morgan fingerprint density at radius 1 is 1.16 bits per heavy atom. The van der Waals surface area contributed by atoms with Crippen LogP contribution in [0.15, 0.2) is 44.2 Å². The third kappa shape index (κ3) is 7.25. The number of nitrogens with zero attached hydrogens (tertiary/aromatic N) is 3. The quantitative estimate of drug-likeness (QED) is 0.194. The number of azo groups is 1. The number of carbonyl (C=O) groups is 2. The lowest BCUT2D eigenvalue weighted by Crippen LogP contribution is -2.31. The van der Waals surface area contributed by atoms with Gasteiger partial charge in [-0.15, -0.1) is 5.11 Å². The number of pyridine rings is 1. The molecule has 0 aliphatic heterocycles. The molecule has 0 saturated carbocycles. The van der Waals surface area contributed by atoms with Crippen molar-refractivity contribution in [3.05, 3.63) is 45.7 Å². The van der Waals surface area contributed by atoms with Gasteiger partial charge in [0.15, 0.2) is 0 Å². The number of amides is 1. The highest BCUT2D eigenvalue weighted by Crippen LogP contribution is 2.32. The van der Waals surface area contributed by atoms with Crippen molar-refractivity contribution in [3.8, 4) is 5.88 Å². The molecule has 1 aromatic heterocycles. The van der Waals surface area contributed by atoms with Gasteiger partial charge in [-0.25, -0.2) is 13.1 Å². The van der Waals surface area contributed by atoms with E-state index in [2.05, 4.69) is 15.0 Å². The highest BCUT2D eigenvalue weighted by molar-refractivity contribution is 7.89. The third-order valence-electron chi connectivity index (χ3n) is 6.05. The van der Waals surface area contributed by atoms with E-state index >= 15 is 0 Å². The first-order valence-electron chi connectivity index (χ1n) is 12.2. The summed E-state index contributed by atoms with van der Waals surface area (Å²) in [6.07, 6.45) is 1.46. The summed E-state index contributed by atoms with van der Waals surface area (Å²) in [6, 6.07) is 5.49. The number of esters is 1. The molecular formula is C25H35N5O7S. The number of hydrogen-bond acceptors (Lipinski definition) is 9. The lowest BCUT2D eigenvalue weighted by molar-refractivity contribution is -0.154. The Labute approximate surface area is 222 Å². The summed E-state index contributed by atoms with van der Waals surface area (Å²) in [5.74, 6) is -1.72. The molecule has 13 heteroatoms. The number of rotatable bonds is 13. The molecule has 1 aromatic carbocycles. The summed E-state index contributed by atoms with van der Waals surface area (Å²) in [4.78, 5) is 36.3. The maximum Gasteiger partial charge on any atom is 0.311 e. The minimum Gasteiger partial charge on any atom is -0.493 e. The Morgan fingerprint density at radius 3 is 2.34 bits per heavy atom. The zero-order valence-corrected chi connectivity index (χ0v) is 23.1. The van der Waals surface area contributed by atoms with E-state index < -0.39 is 32.8 Å². The van der Waals surface area contributed by atoms with Gasteiger partial charge in [-0.05, 0) is 64.3 Å². The molecule has 0 aliphatic carbocycles. The standard InChI is InChI=1S/C25H35N5O7S/c1-6-14-30-22(32)19(21(26)31)16(3)20(23(30)33)29-28-17-9-11-18(12-10-17)38(35,36)27-13-8-15-37-24(34)25(4,5)7-2/h9-12,27,33H,6-8,13-15H2,1-5H3,(H2,26,31). The van der Waals surface area contributed by atoms with Gasteiger partial charge in [-0.1, -0.05) is 13.8 Å². The van der Waals surface area contributed by atoms with Crippen LogP contribution < -0.4 is 16.0 Å². The van der Waals surface area contributed by atoms with E-state index in [9.17, 15) is 27.9 Å². The molecule has 0 radical (unpaired) electrons. The van der Waals surface area contributed by atoms with Crippen molar-refractivity contribution >= 4 is 33.3 Å². The van der Waals surface area contributed by atoms with Crippen molar-refractivity contribution in [3.63, 3.8) is 0 Å². The van der Waals surface area contributed by atoms with Gasteiger partial charge < -0.3 is 15.6 Å². The second-order valence-electron chi connectivity index (χ2n) is 9.31. The molecular weight excluding hydrogens is 514 g/mol. The fourth-order valence-corrected chi connectivity index (χ4v) is 4.39. The van der Waals surface area contributed by atoms with Crippen LogP contribution in [-0.2, 0) is 26.1 Å². The van der Waals surface area contributed by atoms with Crippen molar-refractivity contribution < 1.29 is 27.9 Å². The van der Waals surface area contributed by atoms with Gasteiger partial charge in [0.1, 0.15) is 11.3 Å². The van der Waals surface area contributed by atoms with Gasteiger partial charge in [0.2, 0.25) is 15.9 Å². The van der Waals surface area contributed by atoms with E-state index in [1.165, 1.54) is 31.2 Å². The molecule has 0 spiro atoms. The van der Waals surface area contributed by atoms with Crippen LogP contribution in [0, 0.1) is 12.3 Å². The minimum atomic E-state index is -3.82. The normalized spacial score (nSPS) is 12.1. The molecule has 208 valence electrons. The van der Waals surface area contributed by atoms with Crippen molar-refractivity contribution in [2.75, 3.05) is 13.2 Å². The molecule has 0 saturated heterocycles. The van der Waals surface area contributed by atoms with Gasteiger partial charge in [0, 0.05) is 18.7 Å². The summed E-state index contributed by atoms with van der Waals surface area (Å²) in [7, 11) is -3.82. The molecule has 4 N–H and O–H groups in total. The number of ether oxygens (including phenoxy) is 1. The number of benzene rings is 1. The largest absolute Gasteiger partial charge is 0.493 e. The first-order valence-corrected chi connectivity index (χ1v) is 13.7. The van der Waals surface area contributed by atoms with Gasteiger partial charge in [0.25, 0.3) is 11.5 Å². The molecule has 38 heavy (non-hydrogen) atoms. The van der Waals surface area contributed by atoms with E-state index in [0.29, 0.717) is 19.3 Å². The van der Waals surface area contributed by atoms with Gasteiger partial charge in [-0.3, -0.25) is 19.0 Å². The molecule has 1 amide bonds. The van der Waals surface area contributed by atoms with Crippen molar-refractivity contribution in [2.45, 2.75) is 65.3 Å². The molecule has 2 aromatic rings. The second kappa shape index (κ2) is 12.8. The van der Waals surface area contributed by atoms with E-state index in [4.69, 9.17) is 10.5 Å². The van der Waals surface area contributed by atoms with Crippen LogP contribution in [0.3, 0.4) is 0 Å². The zero-order valence-electron chi connectivity index (χ0n) is 22.3. The van der Waals surface area contributed by atoms with E-state index in [0.717, 1.165) is 4.57 Å². The topological polar surface area (TPSA) is 183 Å². The number of nitrogens with two attached hydrogens (primary N) is 1. The maximum absolute atomic E-state index is 12.6. The number of carbonyl (C=O) groups excluding carboxylic acids is 2. The predicted octanol–water partition coefficient (Wildman–Crippen LogP) is 3.43. The second-order valence-corrected chi connectivity index (χ2v) is 11.1.